The standard InChI is InChI=1S/C14H11ClN2O4/c1-7-2-4-10(12(18)16-7)13(19)17-8-3-5-9(14(20)21)11(15)6-8/h2-6H,1H3,(H,16,18)(H,17,19)(H,20,21). The van der Waals surface area contributed by atoms with E-state index >= 15 is 0 Å². The van der Waals surface area contributed by atoms with E-state index in [-0.39, 0.29) is 16.1 Å². The fourth-order valence-electron chi connectivity index (χ4n) is 1.72. The van der Waals surface area contributed by atoms with E-state index in [1.54, 1.807) is 13.0 Å². The Hall–Kier alpha value is -2.60. The van der Waals surface area contributed by atoms with Crippen LogP contribution in [0.2, 0.25) is 5.02 Å². The number of pyridine rings is 1. The number of nitrogens with one attached hydrogen (secondary N) is 2. The number of aromatic nitrogens is 1. The first-order chi connectivity index (χ1) is 9.88. The number of hydrogen-bond acceptors (Lipinski definition) is 3. The Morgan fingerprint density at radius 3 is 2.43 bits per heavy atom. The highest BCUT2D eigenvalue weighted by Crippen LogP contribution is 2.21. The largest absolute Gasteiger partial charge is 0.478 e. The van der Waals surface area contributed by atoms with Crippen molar-refractivity contribution in [2.24, 2.45) is 0 Å². The molecule has 0 radical (unpaired) electrons. The van der Waals surface area contributed by atoms with Crippen molar-refractivity contribution in [3.63, 3.8) is 0 Å². The molecule has 1 aromatic carbocycles. The van der Waals surface area contributed by atoms with Gasteiger partial charge in [0.25, 0.3) is 11.5 Å². The van der Waals surface area contributed by atoms with Crippen LogP contribution in [0.15, 0.2) is 35.1 Å². The van der Waals surface area contributed by atoms with Crippen molar-refractivity contribution in [2.45, 2.75) is 6.92 Å². The van der Waals surface area contributed by atoms with Crippen LogP contribution < -0.4 is 10.9 Å². The molecule has 7 heteroatoms. The van der Waals surface area contributed by atoms with Crippen LogP contribution in [-0.2, 0) is 0 Å². The number of anilines is 1. The second kappa shape index (κ2) is 5.80. The van der Waals surface area contributed by atoms with Gasteiger partial charge in [0.05, 0.1) is 10.6 Å². The predicted molar refractivity (Wildman–Crippen MR) is 78.2 cm³/mol. The molecule has 0 atom stereocenters. The van der Waals surface area contributed by atoms with Gasteiger partial charge < -0.3 is 15.4 Å². The smallest absolute Gasteiger partial charge is 0.337 e. The normalized spacial score (nSPS) is 10.2. The van der Waals surface area contributed by atoms with E-state index in [1.165, 1.54) is 24.3 Å². The number of benzene rings is 1. The summed E-state index contributed by atoms with van der Waals surface area (Å²) in [5, 5.41) is 11.3. The molecule has 3 N–H and O–H groups in total. The zero-order valence-electron chi connectivity index (χ0n) is 10.9. The Balaban J connectivity index is 2.26. The third kappa shape index (κ3) is 3.29. The highest BCUT2D eigenvalue weighted by molar-refractivity contribution is 6.33. The Labute approximate surface area is 124 Å². The maximum atomic E-state index is 12.0. The van der Waals surface area contributed by atoms with Gasteiger partial charge in [0.15, 0.2) is 0 Å². The Morgan fingerprint density at radius 2 is 1.86 bits per heavy atom. The van der Waals surface area contributed by atoms with Crippen molar-refractivity contribution in [1.82, 2.24) is 4.98 Å². The summed E-state index contributed by atoms with van der Waals surface area (Å²) in [6.45, 7) is 1.70. The zero-order chi connectivity index (χ0) is 15.6. The lowest BCUT2D eigenvalue weighted by Crippen LogP contribution is -2.23. The molecule has 0 saturated heterocycles. The summed E-state index contributed by atoms with van der Waals surface area (Å²) in [5.41, 5.74) is 0.336. The van der Waals surface area contributed by atoms with Crippen LogP contribution >= 0.6 is 11.6 Å². The fourth-order valence-corrected chi connectivity index (χ4v) is 1.98. The Bertz CT molecular complexity index is 783. The molecule has 1 amide bonds. The van der Waals surface area contributed by atoms with Crippen molar-refractivity contribution >= 4 is 29.2 Å². The molecule has 6 nitrogen and oxygen atoms in total. The molecule has 0 aliphatic carbocycles. The topological polar surface area (TPSA) is 99.3 Å². The van der Waals surface area contributed by atoms with Gasteiger partial charge in [-0.05, 0) is 37.3 Å². The fraction of sp³-hybridized carbons (Fsp3) is 0.0714. The Kier molecular flexibility index (Phi) is 4.09. The van der Waals surface area contributed by atoms with Crippen LogP contribution in [0.4, 0.5) is 5.69 Å². The molecular formula is C14H11ClN2O4. The van der Waals surface area contributed by atoms with Crippen molar-refractivity contribution in [2.75, 3.05) is 5.32 Å². The first kappa shape index (κ1) is 14.8. The molecule has 2 rings (SSSR count). The van der Waals surface area contributed by atoms with Gasteiger partial charge in [-0.1, -0.05) is 11.6 Å². The highest BCUT2D eigenvalue weighted by Gasteiger charge is 2.13. The summed E-state index contributed by atoms with van der Waals surface area (Å²) in [6.07, 6.45) is 0. The number of rotatable bonds is 3. The highest BCUT2D eigenvalue weighted by atomic mass is 35.5. The molecule has 108 valence electrons. The van der Waals surface area contributed by atoms with Gasteiger partial charge in [-0.2, -0.15) is 0 Å². The minimum Gasteiger partial charge on any atom is -0.478 e. The number of carboxylic acid groups (broad SMARTS) is 1. The lowest BCUT2D eigenvalue weighted by molar-refractivity contribution is 0.0697. The molecule has 1 heterocycles. The summed E-state index contributed by atoms with van der Waals surface area (Å²) in [7, 11) is 0. The molecule has 0 fully saturated rings. The quantitative estimate of drug-likeness (QED) is 0.810. The Morgan fingerprint density at radius 1 is 1.19 bits per heavy atom. The number of amides is 1. The molecule has 1 aromatic heterocycles. The van der Waals surface area contributed by atoms with E-state index < -0.39 is 17.4 Å². The van der Waals surface area contributed by atoms with Crippen molar-refractivity contribution in [3.8, 4) is 0 Å². The van der Waals surface area contributed by atoms with Gasteiger partial charge in [0.2, 0.25) is 0 Å². The van der Waals surface area contributed by atoms with E-state index in [9.17, 15) is 14.4 Å². The van der Waals surface area contributed by atoms with Crippen LogP contribution in [-0.4, -0.2) is 22.0 Å². The van der Waals surface area contributed by atoms with Gasteiger partial charge in [0, 0.05) is 11.4 Å². The average Bonchev–Trinajstić information content (AvgIpc) is 2.37. The van der Waals surface area contributed by atoms with E-state index in [2.05, 4.69) is 10.3 Å². The summed E-state index contributed by atoms with van der Waals surface area (Å²) >= 11 is 5.81. The SMILES string of the molecule is Cc1ccc(C(=O)Nc2ccc(C(=O)O)c(Cl)c2)c(=O)[nH]1. The van der Waals surface area contributed by atoms with Gasteiger partial charge in [-0.25, -0.2) is 4.79 Å². The molecule has 2 aromatic rings. The lowest BCUT2D eigenvalue weighted by Gasteiger charge is -2.07. The lowest BCUT2D eigenvalue weighted by atomic mass is 10.2. The zero-order valence-corrected chi connectivity index (χ0v) is 11.7. The third-order valence-corrected chi connectivity index (χ3v) is 3.07. The predicted octanol–water partition coefficient (Wildman–Crippen LogP) is 2.29. The van der Waals surface area contributed by atoms with Gasteiger partial charge in [-0.3, -0.25) is 9.59 Å². The molecule has 0 saturated carbocycles. The van der Waals surface area contributed by atoms with Crippen LogP contribution in [0.1, 0.15) is 26.4 Å². The van der Waals surface area contributed by atoms with E-state index in [4.69, 9.17) is 16.7 Å². The van der Waals surface area contributed by atoms with E-state index in [1.807, 2.05) is 0 Å². The second-order valence-corrected chi connectivity index (χ2v) is 4.75. The number of carbonyl (C=O) groups is 2. The summed E-state index contributed by atoms with van der Waals surface area (Å²) in [5.74, 6) is -1.76. The minimum absolute atomic E-state index is 0.00174. The van der Waals surface area contributed by atoms with Crippen LogP contribution in [0.5, 0.6) is 0 Å². The number of H-pyrrole nitrogens is 1. The number of carbonyl (C=O) groups excluding carboxylic acids is 1. The van der Waals surface area contributed by atoms with E-state index in [0.29, 0.717) is 11.4 Å². The summed E-state index contributed by atoms with van der Waals surface area (Å²) in [4.78, 5) is 37.0. The van der Waals surface area contributed by atoms with Crippen LogP contribution in [0.25, 0.3) is 0 Å². The van der Waals surface area contributed by atoms with Crippen molar-refractivity contribution < 1.29 is 14.7 Å². The molecule has 0 spiro atoms. The van der Waals surface area contributed by atoms with Crippen molar-refractivity contribution in [1.29, 1.82) is 0 Å². The number of aromatic amines is 1. The minimum atomic E-state index is -1.16. The van der Waals surface area contributed by atoms with Gasteiger partial charge in [0.1, 0.15) is 5.56 Å². The summed E-state index contributed by atoms with van der Waals surface area (Å²) in [6, 6.07) is 7.01. The molecule has 0 aliphatic heterocycles. The number of hydrogen-bond donors (Lipinski definition) is 3. The number of carboxylic acids is 1. The van der Waals surface area contributed by atoms with Crippen LogP contribution in [0, 0.1) is 6.92 Å². The first-order valence-corrected chi connectivity index (χ1v) is 6.30. The molecule has 21 heavy (non-hydrogen) atoms. The number of aryl methyl sites for hydroxylation is 1. The number of halogens is 1. The maximum absolute atomic E-state index is 12.0. The van der Waals surface area contributed by atoms with Gasteiger partial charge >= 0.3 is 5.97 Å². The molecule has 0 aliphatic rings. The maximum Gasteiger partial charge on any atom is 0.337 e. The van der Waals surface area contributed by atoms with Crippen LogP contribution in [0.3, 0.4) is 0 Å². The first-order valence-electron chi connectivity index (χ1n) is 5.92. The van der Waals surface area contributed by atoms with Crippen molar-refractivity contribution in [3.05, 3.63) is 62.5 Å². The molecular weight excluding hydrogens is 296 g/mol. The number of aromatic carboxylic acids is 1. The monoisotopic (exact) mass is 306 g/mol. The third-order valence-electron chi connectivity index (χ3n) is 2.76. The average molecular weight is 307 g/mol. The summed E-state index contributed by atoms with van der Waals surface area (Å²) < 4.78 is 0. The second-order valence-electron chi connectivity index (χ2n) is 4.34. The van der Waals surface area contributed by atoms with E-state index in [0.717, 1.165) is 0 Å². The molecule has 0 bridgehead atoms. The molecule has 0 unspecified atom stereocenters. The van der Waals surface area contributed by atoms with Gasteiger partial charge in [-0.15, -0.1) is 0 Å².